The van der Waals surface area contributed by atoms with Gasteiger partial charge in [0.05, 0.1) is 9.79 Å². The van der Waals surface area contributed by atoms with Crippen LogP contribution in [0.15, 0.2) is 94.7 Å². The number of phenolic OH excluding ortho intramolecular Hbond substituents is 1. The van der Waals surface area contributed by atoms with Crippen LogP contribution in [0.3, 0.4) is 0 Å². The summed E-state index contributed by atoms with van der Waals surface area (Å²) in [4.78, 5) is -0.634. The molecule has 0 unspecified atom stereocenters. The number of phenols is 1. The largest absolute Gasteiger partial charge is 2.00 e. The van der Waals surface area contributed by atoms with Crippen LogP contribution in [0, 0.1) is 0 Å². The number of unbranched alkanes of at least 4 members (excludes halogenated alkanes) is 12. The molecule has 4 rings (SSSR count). The second-order valence-corrected chi connectivity index (χ2v) is 16.2. The van der Waals surface area contributed by atoms with Gasteiger partial charge in [-0.15, -0.1) is 0 Å². The number of ether oxygens (including phenoxy) is 2. The zero-order valence-corrected chi connectivity index (χ0v) is 35.9. The molecule has 55 heavy (non-hydrogen) atoms. The molecule has 0 bridgehead atoms. The third kappa shape index (κ3) is 18.8. The van der Waals surface area contributed by atoms with Gasteiger partial charge in [-0.05, 0) is 85.3 Å². The van der Waals surface area contributed by atoms with Crippen molar-refractivity contribution in [3.8, 4) is 34.5 Å². The number of aryl methyl sites for hydroxylation is 2. The molecule has 0 aliphatic carbocycles. The zero-order chi connectivity index (χ0) is 39.4. The molecule has 4 aromatic rings. The second kappa shape index (κ2) is 25.4. The predicted molar refractivity (Wildman–Crippen MR) is 214 cm³/mol. The van der Waals surface area contributed by atoms with Crippen molar-refractivity contribution >= 4 is 58.0 Å². The van der Waals surface area contributed by atoms with E-state index in [1.54, 1.807) is 30.3 Å². The summed E-state index contributed by atoms with van der Waals surface area (Å²) in [5.74, 6) is 0.480. The van der Waals surface area contributed by atoms with E-state index in [4.69, 9.17) is 14.0 Å². The molecule has 0 fully saturated rings. The summed E-state index contributed by atoms with van der Waals surface area (Å²) in [6.07, 6.45) is 18.9. The van der Waals surface area contributed by atoms with Gasteiger partial charge in [-0.3, -0.25) is 4.55 Å². The van der Waals surface area contributed by atoms with Crippen molar-refractivity contribution in [1.82, 2.24) is 0 Å². The summed E-state index contributed by atoms with van der Waals surface area (Å²) in [6, 6.07) is 21.0. The minimum absolute atomic E-state index is 0. The van der Waals surface area contributed by atoms with E-state index in [0.717, 1.165) is 49.3 Å². The Bertz CT molecular complexity index is 1810. The van der Waals surface area contributed by atoms with E-state index in [1.807, 2.05) is 6.07 Å². The van der Waals surface area contributed by atoms with Crippen LogP contribution in [0.1, 0.15) is 115 Å². The first-order chi connectivity index (χ1) is 25.8. The molecule has 10 nitrogen and oxygen atoms in total. The molecule has 0 aliphatic heterocycles. The van der Waals surface area contributed by atoms with E-state index >= 15 is 0 Å². The van der Waals surface area contributed by atoms with Crippen molar-refractivity contribution in [2.45, 2.75) is 126 Å². The average molecular weight is 823 g/mol. The molecule has 296 valence electrons. The molecular formula is C42H54CaO10S2. The van der Waals surface area contributed by atoms with Crippen LogP contribution in [0.5, 0.6) is 34.5 Å². The molecule has 0 aromatic heterocycles. The van der Waals surface area contributed by atoms with E-state index in [-0.39, 0.29) is 82.0 Å². The summed E-state index contributed by atoms with van der Waals surface area (Å²) >= 11 is 0. The minimum Gasteiger partial charge on any atom is -0.870 e. The maximum atomic E-state index is 12.0. The van der Waals surface area contributed by atoms with Crippen molar-refractivity contribution in [3.05, 3.63) is 96.1 Å². The Morgan fingerprint density at radius 3 is 1.51 bits per heavy atom. The van der Waals surface area contributed by atoms with Crippen LogP contribution < -0.4 is 14.6 Å². The summed E-state index contributed by atoms with van der Waals surface area (Å²) in [5, 5.41) is 22.1. The Hall–Kier alpha value is -2.84. The molecule has 0 heterocycles. The first kappa shape index (κ1) is 48.3. The molecule has 4 aromatic carbocycles. The number of rotatable bonds is 22. The summed E-state index contributed by atoms with van der Waals surface area (Å²) in [6.45, 7) is 4.42. The van der Waals surface area contributed by atoms with Gasteiger partial charge in [0.1, 0.15) is 27.4 Å². The molecule has 0 amide bonds. The molecule has 0 saturated carbocycles. The standard InChI is InChI=1S/2C21H28O5S.Ca/c2*1-2-3-4-5-6-7-8-10-17-13-14-20(22)21(15-17)26-18-11-9-12-19(16-18)27(23,24)25;/h2*9,11-16,22H,2-8,10H2,1H3,(H,23,24,25);/q;;+2/p-2. The summed E-state index contributed by atoms with van der Waals surface area (Å²) < 4.78 is 76.1. The van der Waals surface area contributed by atoms with Gasteiger partial charge in [0.25, 0.3) is 10.1 Å². The Kier molecular flexibility index (Phi) is 22.3. The fourth-order valence-electron chi connectivity index (χ4n) is 5.80. The Balaban J connectivity index is 0.000000373. The van der Waals surface area contributed by atoms with Gasteiger partial charge < -0.3 is 24.2 Å². The number of benzene rings is 4. The fraction of sp³-hybridized carbons (Fsp3) is 0.429. The molecule has 0 spiro atoms. The van der Waals surface area contributed by atoms with Gasteiger partial charge >= 0.3 is 37.7 Å². The SMILES string of the molecule is CCCCCCCCCc1ccc(O)c(Oc2cccc(S(=O)(=O)O)c2)c1.CCCCCCCCCc1ccc([O-])c(Oc2cccc(S(=O)(=O)[O-])c2)c1.[Ca+2]. The summed E-state index contributed by atoms with van der Waals surface area (Å²) in [5.41, 5.74) is 2.06. The van der Waals surface area contributed by atoms with Gasteiger partial charge in [0.15, 0.2) is 11.5 Å². The first-order valence-corrected chi connectivity index (χ1v) is 21.8. The Morgan fingerprint density at radius 1 is 0.564 bits per heavy atom. The minimum atomic E-state index is -4.57. The van der Waals surface area contributed by atoms with Crippen molar-refractivity contribution in [1.29, 1.82) is 0 Å². The van der Waals surface area contributed by atoms with Gasteiger partial charge in [-0.25, -0.2) is 8.42 Å². The van der Waals surface area contributed by atoms with Crippen LogP contribution in [-0.4, -0.2) is 68.8 Å². The molecule has 0 saturated heterocycles. The van der Waals surface area contributed by atoms with Crippen molar-refractivity contribution < 1.29 is 45.6 Å². The van der Waals surface area contributed by atoms with E-state index in [1.165, 1.54) is 113 Å². The van der Waals surface area contributed by atoms with E-state index in [0.29, 0.717) is 0 Å². The van der Waals surface area contributed by atoms with Crippen LogP contribution in [-0.2, 0) is 33.1 Å². The maximum absolute atomic E-state index is 12.0. The monoisotopic (exact) mass is 822 g/mol. The Labute approximate surface area is 357 Å². The quantitative estimate of drug-likeness (QED) is 0.0441. The van der Waals surface area contributed by atoms with E-state index in [2.05, 4.69) is 13.8 Å². The van der Waals surface area contributed by atoms with Crippen LogP contribution >= 0.6 is 0 Å². The first-order valence-electron chi connectivity index (χ1n) is 18.9. The van der Waals surface area contributed by atoms with E-state index in [9.17, 15) is 31.6 Å². The van der Waals surface area contributed by atoms with Gasteiger partial charge in [0.2, 0.25) is 0 Å². The normalized spacial score (nSPS) is 11.3. The topological polar surface area (TPSA) is 173 Å². The molecular weight excluding hydrogens is 769 g/mol. The predicted octanol–water partition coefficient (Wildman–Crippen LogP) is 10.1. The van der Waals surface area contributed by atoms with Gasteiger partial charge in [-0.2, -0.15) is 8.42 Å². The molecule has 0 atom stereocenters. The molecule has 13 heteroatoms. The fourth-order valence-corrected chi connectivity index (χ4v) is 6.82. The molecule has 2 N–H and O–H groups in total. The molecule has 0 radical (unpaired) electrons. The van der Waals surface area contributed by atoms with Crippen molar-refractivity contribution in [2.75, 3.05) is 0 Å². The van der Waals surface area contributed by atoms with Crippen molar-refractivity contribution in [3.63, 3.8) is 0 Å². The zero-order valence-electron chi connectivity index (χ0n) is 32.1. The van der Waals surface area contributed by atoms with Crippen LogP contribution in [0.2, 0.25) is 0 Å². The third-order valence-corrected chi connectivity index (χ3v) is 10.5. The maximum Gasteiger partial charge on any atom is 2.00 e. The smallest absolute Gasteiger partial charge is 0.870 e. The third-order valence-electron chi connectivity index (χ3n) is 8.82. The van der Waals surface area contributed by atoms with Gasteiger partial charge in [0, 0.05) is 6.07 Å². The van der Waals surface area contributed by atoms with Crippen LogP contribution in [0.4, 0.5) is 0 Å². The number of aromatic hydroxyl groups is 1. The second-order valence-electron chi connectivity index (χ2n) is 13.4. The van der Waals surface area contributed by atoms with Gasteiger partial charge in [-0.1, -0.05) is 127 Å². The van der Waals surface area contributed by atoms with E-state index < -0.39 is 20.2 Å². The average Bonchev–Trinajstić information content (AvgIpc) is 3.13. The van der Waals surface area contributed by atoms with Crippen molar-refractivity contribution in [2.24, 2.45) is 0 Å². The number of hydrogen-bond acceptors (Lipinski definition) is 9. The Morgan fingerprint density at radius 2 is 1.00 bits per heavy atom. The molecule has 0 aliphatic rings. The summed E-state index contributed by atoms with van der Waals surface area (Å²) in [7, 11) is -8.87. The number of hydrogen-bond donors (Lipinski definition) is 2. The van der Waals surface area contributed by atoms with Crippen LogP contribution in [0.25, 0.3) is 0 Å².